The highest BCUT2D eigenvalue weighted by Crippen LogP contribution is 2.37. The van der Waals surface area contributed by atoms with E-state index in [9.17, 15) is 26.8 Å². The molecule has 7 nitrogen and oxygen atoms in total. The zero-order valence-electron chi connectivity index (χ0n) is 17.3. The molecule has 0 radical (unpaired) electrons. The van der Waals surface area contributed by atoms with Crippen molar-refractivity contribution in [1.29, 1.82) is 0 Å². The average molecular weight is 476 g/mol. The van der Waals surface area contributed by atoms with Crippen LogP contribution in [0.3, 0.4) is 0 Å². The van der Waals surface area contributed by atoms with Crippen molar-refractivity contribution < 1.29 is 26.8 Å². The summed E-state index contributed by atoms with van der Waals surface area (Å²) >= 11 is 0. The highest BCUT2D eigenvalue weighted by molar-refractivity contribution is 7.89. The minimum Gasteiger partial charge on any atom is -0.285 e. The average Bonchev–Trinajstić information content (AvgIpc) is 3.20. The second-order valence-corrected chi connectivity index (χ2v) is 9.09. The normalized spacial score (nSPS) is 16.8. The van der Waals surface area contributed by atoms with Crippen molar-refractivity contribution in [2.45, 2.75) is 24.4 Å². The molecule has 0 unspecified atom stereocenters. The molecule has 0 fully saturated rings. The van der Waals surface area contributed by atoms with Gasteiger partial charge in [0.2, 0.25) is 10.0 Å². The summed E-state index contributed by atoms with van der Waals surface area (Å²) in [5.41, 5.74) is 2.48. The van der Waals surface area contributed by atoms with Gasteiger partial charge in [-0.05, 0) is 71.7 Å². The van der Waals surface area contributed by atoms with Crippen molar-refractivity contribution in [2.24, 2.45) is 5.14 Å². The molecule has 0 amide bonds. The fourth-order valence-electron chi connectivity index (χ4n) is 3.55. The van der Waals surface area contributed by atoms with Crippen molar-refractivity contribution in [1.82, 2.24) is 14.8 Å². The van der Waals surface area contributed by atoms with Gasteiger partial charge in [0.1, 0.15) is 0 Å². The Labute approximate surface area is 187 Å². The van der Waals surface area contributed by atoms with E-state index in [1.54, 1.807) is 19.1 Å². The molecule has 0 atom stereocenters. The number of benzene rings is 1. The molecule has 4 rings (SSSR count). The number of primary sulfonamides is 1. The van der Waals surface area contributed by atoms with Gasteiger partial charge in [0, 0.05) is 18.8 Å². The van der Waals surface area contributed by atoms with E-state index in [1.807, 2.05) is 12.2 Å². The molecule has 1 aromatic carbocycles. The fourth-order valence-corrected chi connectivity index (χ4v) is 4.06. The van der Waals surface area contributed by atoms with Crippen LogP contribution >= 0.6 is 0 Å². The molecular weight excluding hydrogens is 457 g/mol. The van der Waals surface area contributed by atoms with Crippen LogP contribution in [0, 0.1) is 0 Å². The lowest BCUT2D eigenvalue weighted by atomic mass is 9.89. The van der Waals surface area contributed by atoms with Gasteiger partial charge in [-0.1, -0.05) is 12.2 Å². The highest BCUT2D eigenvalue weighted by atomic mass is 32.2. The molecule has 33 heavy (non-hydrogen) atoms. The number of sulfonamides is 1. The van der Waals surface area contributed by atoms with Gasteiger partial charge in [-0.25, -0.2) is 23.3 Å². The van der Waals surface area contributed by atoms with Crippen LogP contribution in [0.25, 0.3) is 11.3 Å². The first-order valence-electron chi connectivity index (χ1n) is 9.69. The number of nitrogens with zero attached hydrogens (tertiary/aromatic N) is 3. The van der Waals surface area contributed by atoms with Crippen LogP contribution < -0.4 is 5.14 Å². The van der Waals surface area contributed by atoms with E-state index in [-0.39, 0.29) is 16.3 Å². The van der Waals surface area contributed by atoms with E-state index in [4.69, 9.17) is 5.14 Å². The smallest absolute Gasteiger partial charge is 0.285 e. The second kappa shape index (κ2) is 8.18. The maximum atomic E-state index is 13.5. The molecule has 2 aromatic rings. The minimum atomic E-state index is -4.67. The van der Waals surface area contributed by atoms with Crippen molar-refractivity contribution >= 4 is 15.6 Å². The van der Waals surface area contributed by atoms with Crippen LogP contribution in [0.15, 0.2) is 88.7 Å². The molecule has 2 heterocycles. The summed E-state index contributed by atoms with van der Waals surface area (Å²) < 4.78 is 64.8. The van der Waals surface area contributed by atoms with E-state index >= 15 is 0 Å². The Morgan fingerprint density at radius 3 is 2.27 bits per heavy atom. The molecule has 11 heteroatoms. The maximum absolute atomic E-state index is 13.5. The lowest BCUT2D eigenvalue weighted by Crippen LogP contribution is -2.12. The molecule has 2 aliphatic rings. The second-order valence-electron chi connectivity index (χ2n) is 7.53. The van der Waals surface area contributed by atoms with Crippen LogP contribution in [0.5, 0.6) is 0 Å². The Balaban J connectivity index is 1.82. The third-order valence-corrected chi connectivity index (χ3v) is 6.21. The van der Waals surface area contributed by atoms with E-state index in [0.717, 1.165) is 32.5 Å². The molecule has 1 aliphatic heterocycles. The fraction of sp³-hybridized carbons (Fsp3) is 0.136. The number of hydroxylamine groups is 2. The number of allylic oxidation sites excluding steroid dienone is 8. The van der Waals surface area contributed by atoms with E-state index in [2.05, 4.69) is 5.10 Å². The number of nitrogens with two attached hydrogens (primary N) is 1. The summed E-state index contributed by atoms with van der Waals surface area (Å²) in [6.45, 7) is 1.80. The standard InChI is InChI=1S/C22H19F3N4O3S/c1-14-2-3-16(15-8-10-28(30)11-9-15)12-19(14)20-13-21(22(23,24)25)27-29(20)17-4-6-18(7-5-17)33(26,31)32/h2-11,13,30H,12H2,1H3,(H2,26,31,32). The Morgan fingerprint density at radius 1 is 1.06 bits per heavy atom. The molecule has 0 saturated heterocycles. The van der Waals surface area contributed by atoms with Crippen LogP contribution in [0.1, 0.15) is 24.7 Å². The van der Waals surface area contributed by atoms with E-state index < -0.39 is 21.9 Å². The first-order chi connectivity index (χ1) is 15.4. The first kappa shape index (κ1) is 22.8. The highest BCUT2D eigenvalue weighted by Gasteiger charge is 2.36. The number of halogens is 3. The van der Waals surface area contributed by atoms with Gasteiger partial charge in [-0.15, -0.1) is 0 Å². The third kappa shape index (κ3) is 4.70. The van der Waals surface area contributed by atoms with Crippen LogP contribution in [0.2, 0.25) is 0 Å². The SMILES string of the molecule is CC1=C(c2cc(C(F)(F)F)nn2-c2ccc(S(N)(=O)=O)cc2)CC(=C2C=CN(O)C=C2)C=C1. The molecule has 172 valence electrons. The topological polar surface area (TPSA) is 101 Å². The van der Waals surface area contributed by atoms with Crippen molar-refractivity contribution in [2.75, 3.05) is 0 Å². The van der Waals surface area contributed by atoms with Crippen molar-refractivity contribution in [3.05, 3.63) is 95.1 Å². The summed E-state index contributed by atoms with van der Waals surface area (Å²) in [6.07, 6.45) is 5.66. The van der Waals surface area contributed by atoms with E-state index in [1.165, 1.54) is 36.7 Å². The molecule has 0 spiro atoms. The zero-order chi connectivity index (χ0) is 24.0. The minimum absolute atomic E-state index is 0.159. The molecular formula is C22H19F3N4O3S. The maximum Gasteiger partial charge on any atom is 0.435 e. The van der Waals surface area contributed by atoms with Gasteiger partial charge in [0.25, 0.3) is 0 Å². The lowest BCUT2D eigenvalue weighted by Gasteiger charge is -2.20. The van der Waals surface area contributed by atoms with Gasteiger partial charge < -0.3 is 0 Å². The molecule has 3 N–H and O–H groups in total. The summed E-state index contributed by atoms with van der Waals surface area (Å²) in [4.78, 5) is -0.159. The Kier molecular flexibility index (Phi) is 5.64. The van der Waals surface area contributed by atoms with Gasteiger partial charge in [-0.3, -0.25) is 5.21 Å². The van der Waals surface area contributed by atoms with Gasteiger partial charge >= 0.3 is 6.18 Å². The molecule has 0 saturated carbocycles. The summed E-state index contributed by atoms with van der Waals surface area (Å²) in [5.74, 6) is 0. The molecule has 1 aromatic heterocycles. The van der Waals surface area contributed by atoms with E-state index in [0.29, 0.717) is 12.0 Å². The molecule has 0 bridgehead atoms. The first-order valence-corrected chi connectivity index (χ1v) is 11.2. The Morgan fingerprint density at radius 2 is 1.70 bits per heavy atom. The largest absolute Gasteiger partial charge is 0.435 e. The van der Waals surface area contributed by atoms with Crippen LogP contribution in [-0.2, 0) is 16.2 Å². The van der Waals surface area contributed by atoms with Gasteiger partial charge in [0.05, 0.1) is 16.3 Å². The number of rotatable bonds is 3. The van der Waals surface area contributed by atoms with Crippen molar-refractivity contribution in [3.8, 4) is 5.69 Å². The predicted octanol–water partition coefficient (Wildman–Crippen LogP) is 4.30. The zero-order valence-corrected chi connectivity index (χ0v) is 18.1. The Bertz CT molecular complexity index is 1350. The van der Waals surface area contributed by atoms with Gasteiger partial charge in [0.15, 0.2) is 5.69 Å². The van der Waals surface area contributed by atoms with Gasteiger partial charge in [-0.2, -0.15) is 18.3 Å². The number of aromatic nitrogens is 2. The summed E-state index contributed by atoms with van der Waals surface area (Å²) in [6, 6.07) is 6.13. The summed E-state index contributed by atoms with van der Waals surface area (Å²) in [7, 11) is -3.95. The predicted molar refractivity (Wildman–Crippen MR) is 115 cm³/mol. The third-order valence-electron chi connectivity index (χ3n) is 5.28. The number of hydrogen-bond donors (Lipinski definition) is 2. The number of alkyl halides is 3. The van der Waals surface area contributed by atoms with Crippen LogP contribution in [0.4, 0.5) is 13.2 Å². The van der Waals surface area contributed by atoms with Crippen molar-refractivity contribution in [3.63, 3.8) is 0 Å². The molecule has 1 aliphatic carbocycles. The monoisotopic (exact) mass is 476 g/mol. The Hall–Kier alpha value is -3.41. The quantitative estimate of drug-likeness (QED) is 0.688. The lowest BCUT2D eigenvalue weighted by molar-refractivity contribution is -0.141. The number of hydrogen-bond acceptors (Lipinski definition) is 5. The summed E-state index contributed by atoms with van der Waals surface area (Å²) in [5, 5.41) is 19.2. The van der Waals surface area contributed by atoms with Crippen LogP contribution in [-0.4, -0.2) is 28.5 Å².